The van der Waals surface area contributed by atoms with Gasteiger partial charge in [-0.15, -0.1) is 0 Å². The van der Waals surface area contributed by atoms with E-state index in [1.54, 1.807) is 5.57 Å². The Bertz CT molecular complexity index is 1100. The molecule has 0 spiro atoms. The molecular weight excluding hydrogens is 462 g/mol. The highest BCUT2D eigenvalue weighted by molar-refractivity contribution is 5.91. The van der Waals surface area contributed by atoms with E-state index in [4.69, 9.17) is 0 Å². The molecule has 3 saturated carbocycles. The van der Waals surface area contributed by atoms with E-state index in [0.717, 1.165) is 70.5 Å². The molecule has 1 aromatic heterocycles. The first-order valence-corrected chi connectivity index (χ1v) is 14.5. The van der Waals surface area contributed by atoms with Gasteiger partial charge in [-0.3, -0.25) is 14.5 Å². The average Bonchev–Trinajstić information content (AvgIpc) is 3.11. The number of carbonyl (C=O) groups excluding carboxylic acids is 2. The molecule has 4 fully saturated rings. The third kappa shape index (κ3) is 3.76. The molecule has 1 saturated heterocycles. The Morgan fingerprint density at radius 3 is 2.68 bits per heavy atom. The number of anilines is 1. The molecular formula is C31H43N3O3. The van der Waals surface area contributed by atoms with Crippen molar-refractivity contribution in [2.45, 2.75) is 71.3 Å². The Balaban J connectivity index is 1.19. The van der Waals surface area contributed by atoms with Crippen LogP contribution in [0.4, 0.5) is 5.82 Å². The smallest absolute Gasteiger partial charge is 0.179 e. The maximum absolute atomic E-state index is 14.0. The summed E-state index contributed by atoms with van der Waals surface area (Å²) in [5.74, 6) is 2.60. The first-order valence-electron chi connectivity index (χ1n) is 14.5. The van der Waals surface area contributed by atoms with E-state index in [9.17, 15) is 14.7 Å². The van der Waals surface area contributed by atoms with Gasteiger partial charge in [-0.25, -0.2) is 4.98 Å². The normalized spacial score (nSPS) is 42.0. The fourth-order valence-corrected chi connectivity index (χ4v) is 9.26. The van der Waals surface area contributed by atoms with Gasteiger partial charge in [-0.05, 0) is 73.3 Å². The van der Waals surface area contributed by atoms with E-state index in [0.29, 0.717) is 36.5 Å². The van der Waals surface area contributed by atoms with Crippen LogP contribution in [-0.4, -0.2) is 64.9 Å². The Hall–Kier alpha value is -2.05. The molecule has 2 heterocycles. The molecule has 2 unspecified atom stereocenters. The summed E-state index contributed by atoms with van der Waals surface area (Å²) in [6.07, 6.45) is 10.5. The summed E-state index contributed by atoms with van der Waals surface area (Å²) in [7, 11) is 0. The average molecular weight is 506 g/mol. The van der Waals surface area contributed by atoms with Gasteiger partial charge in [-0.1, -0.05) is 38.5 Å². The van der Waals surface area contributed by atoms with E-state index in [1.807, 2.05) is 24.4 Å². The van der Waals surface area contributed by atoms with Crippen molar-refractivity contribution in [3.63, 3.8) is 0 Å². The predicted octanol–water partition coefficient (Wildman–Crippen LogP) is 4.28. The van der Waals surface area contributed by atoms with Gasteiger partial charge >= 0.3 is 0 Å². The monoisotopic (exact) mass is 505 g/mol. The van der Waals surface area contributed by atoms with Crippen molar-refractivity contribution in [2.75, 3.05) is 37.6 Å². The van der Waals surface area contributed by atoms with Gasteiger partial charge in [0.1, 0.15) is 17.2 Å². The number of ketones is 2. The third-order valence-electron chi connectivity index (χ3n) is 11.6. The van der Waals surface area contributed by atoms with Crippen LogP contribution in [0.1, 0.15) is 65.7 Å². The zero-order chi connectivity index (χ0) is 26.0. The number of allylic oxidation sites excluding steroid dienone is 2. The molecule has 0 bridgehead atoms. The first-order chi connectivity index (χ1) is 17.7. The van der Waals surface area contributed by atoms with Gasteiger partial charge in [0, 0.05) is 50.6 Å². The lowest BCUT2D eigenvalue weighted by molar-refractivity contribution is -0.160. The fourth-order valence-electron chi connectivity index (χ4n) is 9.26. The second-order valence-corrected chi connectivity index (χ2v) is 13.2. The van der Waals surface area contributed by atoms with Gasteiger partial charge in [0.25, 0.3) is 0 Å². The number of pyridine rings is 1. The number of nitrogens with zero attached hydrogens (tertiary/aromatic N) is 3. The molecule has 1 aromatic rings. The number of hydrogen-bond donors (Lipinski definition) is 1. The minimum absolute atomic E-state index is 0.0105. The Labute approximate surface area is 221 Å². The molecule has 200 valence electrons. The number of carbonyl (C=O) groups is 2. The van der Waals surface area contributed by atoms with Crippen molar-refractivity contribution in [3.8, 4) is 0 Å². The molecule has 5 aliphatic rings. The topological polar surface area (TPSA) is 73.7 Å². The zero-order valence-corrected chi connectivity index (χ0v) is 22.8. The van der Waals surface area contributed by atoms with Crippen LogP contribution in [0.3, 0.4) is 0 Å². The van der Waals surface area contributed by atoms with Crippen LogP contribution in [0, 0.1) is 34.5 Å². The molecule has 4 aliphatic carbocycles. The van der Waals surface area contributed by atoms with Crippen LogP contribution in [0.15, 0.2) is 36.0 Å². The minimum atomic E-state index is -1.29. The van der Waals surface area contributed by atoms with Crippen LogP contribution in [-0.2, 0) is 9.59 Å². The molecule has 0 radical (unpaired) electrons. The van der Waals surface area contributed by atoms with Crippen molar-refractivity contribution < 1.29 is 14.7 Å². The summed E-state index contributed by atoms with van der Waals surface area (Å²) < 4.78 is 0. The number of Topliss-reactive ketones (excluding diaryl/α,β-unsaturated/α-hetero) is 2. The van der Waals surface area contributed by atoms with E-state index < -0.39 is 11.0 Å². The Kier molecular flexibility index (Phi) is 6.15. The number of aliphatic hydroxyl groups is 1. The van der Waals surface area contributed by atoms with E-state index in [1.165, 1.54) is 0 Å². The number of piperazine rings is 1. The summed E-state index contributed by atoms with van der Waals surface area (Å²) in [6, 6.07) is 5.98. The Morgan fingerprint density at radius 1 is 1.16 bits per heavy atom. The van der Waals surface area contributed by atoms with Crippen molar-refractivity contribution in [1.82, 2.24) is 9.88 Å². The van der Waals surface area contributed by atoms with Crippen LogP contribution < -0.4 is 4.90 Å². The van der Waals surface area contributed by atoms with Crippen molar-refractivity contribution in [3.05, 3.63) is 36.0 Å². The molecule has 1 N–H and O–H groups in total. The summed E-state index contributed by atoms with van der Waals surface area (Å²) in [5, 5.41) is 12.3. The maximum Gasteiger partial charge on any atom is 0.179 e. The van der Waals surface area contributed by atoms with Crippen molar-refractivity contribution >= 4 is 17.4 Å². The molecule has 1 aliphatic heterocycles. The lowest BCUT2D eigenvalue weighted by atomic mass is 9.48. The van der Waals surface area contributed by atoms with Crippen LogP contribution >= 0.6 is 0 Å². The largest absolute Gasteiger partial charge is 0.381 e. The van der Waals surface area contributed by atoms with E-state index in [2.05, 4.69) is 41.6 Å². The van der Waals surface area contributed by atoms with E-state index in [-0.39, 0.29) is 17.1 Å². The van der Waals surface area contributed by atoms with E-state index >= 15 is 0 Å². The summed E-state index contributed by atoms with van der Waals surface area (Å²) in [6.45, 7) is 10.3. The summed E-state index contributed by atoms with van der Waals surface area (Å²) >= 11 is 0. The number of hydrogen-bond acceptors (Lipinski definition) is 6. The first kappa shape index (κ1) is 25.2. The quantitative estimate of drug-likeness (QED) is 0.616. The number of aromatic nitrogens is 1. The maximum atomic E-state index is 14.0. The van der Waals surface area contributed by atoms with Crippen LogP contribution in [0.25, 0.3) is 0 Å². The molecule has 6 heteroatoms. The fraction of sp³-hybridized carbons (Fsp3) is 0.710. The molecule has 6 rings (SSSR count). The second-order valence-electron chi connectivity index (χ2n) is 13.2. The van der Waals surface area contributed by atoms with Gasteiger partial charge < -0.3 is 10.0 Å². The number of rotatable bonds is 4. The Morgan fingerprint density at radius 2 is 1.95 bits per heavy atom. The van der Waals surface area contributed by atoms with Gasteiger partial charge in [0.05, 0.1) is 6.54 Å². The second kappa shape index (κ2) is 9.01. The lowest BCUT2D eigenvalue weighted by Crippen LogP contribution is -2.60. The van der Waals surface area contributed by atoms with Crippen molar-refractivity contribution in [2.24, 2.45) is 34.5 Å². The third-order valence-corrected chi connectivity index (χ3v) is 11.6. The highest BCUT2D eigenvalue weighted by Crippen LogP contribution is 2.67. The van der Waals surface area contributed by atoms with Crippen LogP contribution in [0.2, 0.25) is 0 Å². The molecule has 0 amide bonds. The molecule has 7 atom stereocenters. The summed E-state index contributed by atoms with van der Waals surface area (Å²) in [4.78, 5) is 35.1. The standard InChI is InChI=1S/C31H43N3O3/c1-21-18-26-24-8-7-22-19-23(35)9-11-29(22,2)25(24)10-12-30(26,3)31(21,37)27(36)20-33-14-16-34(17-15-33)28-6-4-5-13-32-28/h4-6,10,13,21-22,24,26,37H,7-9,11-12,14-20H2,1-3H3/t21?,22?,24-,26+,29+,30+,31+/m1/s1. The predicted molar refractivity (Wildman–Crippen MR) is 144 cm³/mol. The molecule has 37 heavy (non-hydrogen) atoms. The summed E-state index contributed by atoms with van der Waals surface area (Å²) in [5.41, 5.74) is -0.0632. The highest BCUT2D eigenvalue weighted by atomic mass is 16.3. The lowest BCUT2D eigenvalue weighted by Gasteiger charge is -2.56. The number of fused-ring (bicyclic) bond motifs is 5. The molecule has 0 aromatic carbocycles. The molecule has 6 nitrogen and oxygen atoms in total. The highest BCUT2D eigenvalue weighted by Gasteiger charge is 2.67. The van der Waals surface area contributed by atoms with Gasteiger partial charge in [0.2, 0.25) is 0 Å². The van der Waals surface area contributed by atoms with Gasteiger partial charge in [-0.2, -0.15) is 0 Å². The van der Waals surface area contributed by atoms with Crippen molar-refractivity contribution in [1.29, 1.82) is 0 Å². The minimum Gasteiger partial charge on any atom is -0.381 e. The SMILES string of the molecule is CC1C[C@H]2[C@@H]3CCC4CC(=O)CC[C@]4(C)C3=CC[C@]2(C)[C@@]1(O)C(=O)CN1CCN(c2ccccn2)CC1. The van der Waals surface area contributed by atoms with Gasteiger partial charge in [0.15, 0.2) is 5.78 Å². The van der Waals surface area contributed by atoms with Crippen LogP contribution in [0.5, 0.6) is 0 Å². The zero-order valence-electron chi connectivity index (χ0n) is 22.8.